The van der Waals surface area contributed by atoms with Gasteiger partial charge in [-0.25, -0.2) is 12.7 Å². The van der Waals surface area contributed by atoms with Gasteiger partial charge in [-0.05, 0) is 18.1 Å². The van der Waals surface area contributed by atoms with Gasteiger partial charge in [-0.15, -0.1) is 12.4 Å². The monoisotopic (exact) mass is 379 g/mol. The minimum absolute atomic E-state index is 0. The van der Waals surface area contributed by atoms with E-state index in [-0.39, 0.29) is 18.2 Å². The van der Waals surface area contributed by atoms with E-state index in [9.17, 15) is 8.42 Å². The summed E-state index contributed by atoms with van der Waals surface area (Å²) >= 11 is 6.09. The number of halogens is 2. The predicted octanol–water partition coefficient (Wildman–Crippen LogP) is 1.57. The Bertz CT molecular complexity index is 621. The molecule has 0 spiro atoms. The lowest BCUT2D eigenvalue weighted by Crippen LogP contribution is -2.49. The van der Waals surface area contributed by atoms with Crippen LogP contribution in [0.2, 0.25) is 5.02 Å². The van der Waals surface area contributed by atoms with Gasteiger partial charge in [0.25, 0.3) is 0 Å². The van der Waals surface area contributed by atoms with Crippen molar-refractivity contribution in [2.45, 2.75) is 18.2 Å². The van der Waals surface area contributed by atoms with Crippen LogP contribution in [-0.2, 0) is 15.8 Å². The number of sulfonamides is 1. The molecule has 23 heavy (non-hydrogen) atoms. The Morgan fingerprint density at radius 1 is 1.17 bits per heavy atom. The van der Waals surface area contributed by atoms with Crippen LogP contribution in [0, 0.1) is 0 Å². The molecule has 0 radical (unpaired) electrons. The minimum Gasteiger partial charge on any atom is -0.314 e. The van der Waals surface area contributed by atoms with Crippen LogP contribution in [0.4, 0.5) is 0 Å². The number of piperazine rings is 1. The van der Waals surface area contributed by atoms with Crippen LogP contribution in [-0.4, -0.2) is 62.9 Å². The quantitative estimate of drug-likeness (QED) is 0.862. The third kappa shape index (κ3) is 4.59. The fourth-order valence-corrected chi connectivity index (χ4v) is 5.10. The molecule has 0 bridgehead atoms. The van der Waals surface area contributed by atoms with Gasteiger partial charge in [0.1, 0.15) is 0 Å². The maximum Gasteiger partial charge on any atom is 0.218 e. The molecule has 2 aliphatic heterocycles. The van der Waals surface area contributed by atoms with Crippen molar-refractivity contribution in [3.05, 3.63) is 34.9 Å². The Morgan fingerprint density at radius 2 is 1.87 bits per heavy atom. The number of nitrogens with zero attached hydrogens (tertiary/aromatic N) is 2. The fourth-order valence-electron chi connectivity index (χ4n) is 3.21. The molecule has 1 unspecified atom stereocenters. The zero-order chi connectivity index (χ0) is 15.6. The van der Waals surface area contributed by atoms with Gasteiger partial charge >= 0.3 is 0 Å². The molecular formula is C15H23Cl2N3O2S. The molecule has 3 rings (SSSR count). The van der Waals surface area contributed by atoms with Crippen molar-refractivity contribution >= 4 is 34.0 Å². The maximum absolute atomic E-state index is 12.6. The lowest BCUT2D eigenvalue weighted by atomic mass is 10.2. The third-order valence-electron chi connectivity index (χ3n) is 4.48. The molecule has 2 aliphatic rings. The second kappa shape index (κ2) is 8.14. The van der Waals surface area contributed by atoms with Crippen LogP contribution in [0.1, 0.15) is 12.0 Å². The summed E-state index contributed by atoms with van der Waals surface area (Å²) in [5.74, 6) is -0.0129. The first-order chi connectivity index (χ1) is 10.6. The van der Waals surface area contributed by atoms with E-state index < -0.39 is 10.0 Å². The molecule has 2 heterocycles. The average molecular weight is 380 g/mol. The van der Waals surface area contributed by atoms with Gasteiger partial charge in [0.05, 0.1) is 5.75 Å². The van der Waals surface area contributed by atoms with Crippen LogP contribution in [0.5, 0.6) is 0 Å². The molecule has 1 atom stereocenters. The highest BCUT2D eigenvalue weighted by Crippen LogP contribution is 2.24. The molecule has 0 amide bonds. The number of nitrogens with one attached hydrogen (secondary N) is 1. The first-order valence-electron chi connectivity index (χ1n) is 7.72. The molecule has 2 fully saturated rings. The summed E-state index contributed by atoms with van der Waals surface area (Å²) in [6.07, 6.45) is 0.918. The Labute approximate surface area is 149 Å². The fraction of sp³-hybridized carbons (Fsp3) is 0.600. The van der Waals surface area contributed by atoms with Crippen molar-refractivity contribution in [3.63, 3.8) is 0 Å². The van der Waals surface area contributed by atoms with Gasteiger partial charge in [-0.3, -0.25) is 4.90 Å². The lowest BCUT2D eigenvalue weighted by molar-refractivity contribution is 0.179. The minimum atomic E-state index is -3.30. The molecule has 0 aromatic heterocycles. The lowest BCUT2D eigenvalue weighted by Gasteiger charge is -2.32. The van der Waals surface area contributed by atoms with E-state index in [4.69, 9.17) is 11.6 Å². The van der Waals surface area contributed by atoms with Gasteiger partial charge in [-0.2, -0.15) is 0 Å². The highest BCUT2D eigenvalue weighted by atomic mass is 35.5. The van der Waals surface area contributed by atoms with Crippen molar-refractivity contribution in [1.29, 1.82) is 0 Å². The number of rotatable bonds is 4. The third-order valence-corrected chi connectivity index (χ3v) is 6.65. The molecule has 2 saturated heterocycles. The summed E-state index contributed by atoms with van der Waals surface area (Å²) in [7, 11) is -3.30. The molecular weight excluding hydrogens is 357 g/mol. The van der Waals surface area contributed by atoms with Gasteiger partial charge in [0.15, 0.2) is 0 Å². The molecule has 8 heteroatoms. The van der Waals surface area contributed by atoms with E-state index in [0.717, 1.165) is 32.6 Å². The molecule has 1 aromatic carbocycles. The van der Waals surface area contributed by atoms with Crippen molar-refractivity contribution < 1.29 is 8.42 Å². The average Bonchev–Trinajstić information content (AvgIpc) is 3.01. The zero-order valence-electron chi connectivity index (χ0n) is 12.9. The van der Waals surface area contributed by atoms with E-state index >= 15 is 0 Å². The Balaban J connectivity index is 0.00000192. The number of hydrogen-bond acceptors (Lipinski definition) is 4. The van der Waals surface area contributed by atoms with E-state index in [2.05, 4.69) is 10.2 Å². The maximum atomic E-state index is 12.6. The van der Waals surface area contributed by atoms with Crippen molar-refractivity contribution in [2.75, 3.05) is 39.3 Å². The second-order valence-corrected chi connectivity index (χ2v) is 8.31. The van der Waals surface area contributed by atoms with Gasteiger partial charge in [0, 0.05) is 50.3 Å². The molecule has 5 nitrogen and oxygen atoms in total. The molecule has 1 aromatic rings. The van der Waals surface area contributed by atoms with E-state index in [0.29, 0.717) is 29.7 Å². The van der Waals surface area contributed by atoms with Crippen LogP contribution in [0.15, 0.2) is 24.3 Å². The van der Waals surface area contributed by atoms with E-state index in [1.807, 2.05) is 12.1 Å². The SMILES string of the molecule is Cl.O=S(=O)(Cc1ccccc1Cl)N1CCC(N2CCNCC2)C1. The van der Waals surface area contributed by atoms with Gasteiger partial charge in [-0.1, -0.05) is 29.8 Å². The first kappa shape index (κ1) is 19.0. The molecule has 0 aliphatic carbocycles. The second-order valence-electron chi connectivity index (χ2n) is 5.93. The predicted molar refractivity (Wildman–Crippen MR) is 95.7 cm³/mol. The van der Waals surface area contributed by atoms with Crippen molar-refractivity contribution in [3.8, 4) is 0 Å². The van der Waals surface area contributed by atoms with Gasteiger partial charge < -0.3 is 5.32 Å². The van der Waals surface area contributed by atoms with E-state index in [1.165, 1.54) is 0 Å². The molecule has 1 N–H and O–H groups in total. The van der Waals surface area contributed by atoms with E-state index in [1.54, 1.807) is 16.4 Å². The highest BCUT2D eigenvalue weighted by Gasteiger charge is 2.34. The summed E-state index contributed by atoms with van der Waals surface area (Å²) in [5.41, 5.74) is 0.676. The first-order valence-corrected chi connectivity index (χ1v) is 9.71. The summed E-state index contributed by atoms with van der Waals surface area (Å²) in [6, 6.07) is 7.51. The highest BCUT2D eigenvalue weighted by molar-refractivity contribution is 7.88. The van der Waals surface area contributed by atoms with Crippen molar-refractivity contribution in [2.24, 2.45) is 0 Å². The Hall–Kier alpha value is -0.370. The van der Waals surface area contributed by atoms with Crippen molar-refractivity contribution in [1.82, 2.24) is 14.5 Å². The van der Waals surface area contributed by atoms with Crippen LogP contribution < -0.4 is 5.32 Å². The smallest absolute Gasteiger partial charge is 0.218 e. The Morgan fingerprint density at radius 3 is 2.57 bits per heavy atom. The van der Waals surface area contributed by atoms with Gasteiger partial charge in [0.2, 0.25) is 10.0 Å². The normalized spacial score (nSPS) is 23.6. The summed E-state index contributed by atoms with van der Waals surface area (Å²) in [4.78, 5) is 2.40. The topological polar surface area (TPSA) is 52.7 Å². The molecule has 130 valence electrons. The number of benzene rings is 1. The summed E-state index contributed by atoms with van der Waals surface area (Å²) < 4.78 is 26.9. The Kier molecular flexibility index (Phi) is 6.71. The van der Waals surface area contributed by atoms with Crippen LogP contribution in [0.3, 0.4) is 0 Å². The summed E-state index contributed by atoms with van der Waals surface area (Å²) in [6.45, 7) is 5.20. The summed E-state index contributed by atoms with van der Waals surface area (Å²) in [5, 5.41) is 3.85. The van der Waals surface area contributed by atoms with Crippen LogP contribution in [0.25, 0.3) is 0 Å². The molecule has 0 saturated carbocycles. The largest absolute Gasteiger partial charge is 0.314 e. The van der Waals surface area contributed by atoms with Crippen LogP contribution >= 0.6 is 24.0 Å². The number of hydrogen-bond donors (Lipinski definition) is 1. The zero-order valence-corrected chi connectivity index (χ0v) is 15.3. The standard InChI is InChI=1S/C15H22ClN3O2S.ClH/c16-15-4-2-1-3-13(15)12-22(20,21)19-8-5-14(11-19)18-9-6-17-7-10-18;/h1-4,14,17H,5-12H2;1H.